The van der Waals surface area contributed by atoms with Crippen LogP contribution in [0.3, 0.4) is 0 Å². The van der Waals surface area contributed by atoms with Gasteiger partial charge in [0.25, 0.3) is 0 Å². The van der Waals surface area contributed by atoms with E-state index in [9.17, 15) is 14.4 Å². The molecule has 0 saturated carbocycles. The molecule has 0 radical (unpaired) electrons. The first-order valence-corrected chi connectivity index (χ1v) is 11.4. The van der Waals surface area contributed by atoms with Gasteiger partial charge in [0.1, 0.15) is 12.1 Å². The zero-order valence-electron chi connectivity index (χ0n) is 19.4. The molecule has 0 aromatic heterocycles. The number of carboxylic acid groups (broad SMARTS) is 1. The third kappa shape index (κ3) is 5.92. The predicted molar refractivity (Wildman–Crippen MR) is 126 cm³/mol. The minimum absolute atomic E-state index is 0.0749. The Labute approximate surface area is 194 Å². The Morgan fingerprint density at radius 2 is 1.61 bits per heavy atom. The Kier molecular flexibility index (Phi) is 7.74. The number of nitrogens with one attached hydrogen (secondary N) is 2. The minimum atomic E-state index is -1.26. The topological polar surface area (TPSA) is 105 Å². The molecule has 0 heterocycles. The van der Waals surface area contributed by atoms with E-state index in [1.165, 1.54) is 0 Å². The average molecular weight is 453 g/mol. The number of hydrogen-bond acceptors (Lipinski definition) is 4. The van der Waals surface area contributed by atoms with Crippen LogP contribution >= 0.6 is 0 Å². The molecule has 2 amide bonds. The van der Waals surface area contributed by atoms with Crippen molar-refractivity contribution < 1.29 is 24.2 Å². The molecule has 1 aliphatic rings. The molecule has 2 aromatic rings. The summed E-state index contributed by atoms with van der Waals surface area (Å²) in [6.07, 6.45) is 1.41. The van der Waals surface area contributed by atoms with Crippen LogP contribution in [0.15, 0.2) is 48.5 Å². The first kappa shape index (κ1) is 24.3. The molecular formula is C26H32N2O5. The van der Waals surface area contributed by atoms with Gasteiger partial charge in [-0.05, 0) is 42.5 Å². The largest absolute Gasteiger partial charge is 0.481 e. The molecule has 1 aliphatic carbocycles. The number of benzene rings is 2. The van der Waals surface area contributed by atoms with Crippen molar-refractivity contribution in [2.45, 2.75) is 64.0 Å². The van der Waals surface area contributed by atoms with Crippen molar-refractivity contribution in [1.29, 1.82) is 0 Å². The number of unbranched alkanes of at least 4 members (excludes halogenated alkanes) is 1. The van der Waals surface area contributed by atoms with Gasteiger partial charge in [-0.15, -0.1) is 0 Å². The summed E-state index contributed by atoms with van der Waals surface area (Å²) in [4.78, 5) is 36.5. The summed E-state index contributed by atoms with van der Waals surface area (Å²) < 4.78 is 5.54. The van der Waals surface area contributed by atoms with Crippen LogP contribution < -0.4 is 10.6 Å². The predicted octanol–water partition coefficient (Wildman–Crippen LogP) is 4.45. The van der Waals surface area contributed by atoms with Gasteiger partial charge in [-0.1, -0.05) is 68.3 Å². The number of fused-ring (bicyclic) bond motifs is 3. The highest BCUT2D eigenvalue weighted by Crippen LogP contribution is 2.44. The van der Waals surface area contributed by atoms with E-state index in [1.807, 2.05) is 43.3 Å². The van der Waals surface area contributed by atoms with E-state index < -0.39 is 29.6 Å². The molecule has 3 N–H and O–H groups in total. The number of ether oxygens (including phenoxy) is 1. The number of aliphatic carboxylic acids is 1. The van der Waals surface area contributed by atoms with Gasteiger partial charge in [0, 0.05) is 12.0 Å². The van der Waals surface area contributed by atoms with Crippen molar-refractivity contribution in [3.8, 4) is 11.1 Å². The second kappa shape index (κ2) is 10.5. The van der Waals surface area contributed by atoms with E-state index in [4.69, 9.17) is 9.84 Å². The summed E-state index contributed by atoms with van der Waals surface area (Å²) in [5.41, 5.74) is 3.23. The standard InChI is InChI=1S/C26H32N2O5/c1-4-5-10-17(15-23(29)30)27-24(31)26(2,3)28-25(32)33-16-22-20-13-8-6-11-18(20)19-12-7-9-14-21(19)22/h6-9,11-14,17,22H,4-5,10,15-16H2,1-3H3,(H,27,31)(H,28,32)(H,29,30)/t17-/m0/s1. The first-order chi connectivity index (χ1) is 15.7. The highest BCUT2D eigenvalue weighted by molar-refractivity contribution is 5.89. The number of hydrogen-bond donors (Lipinski definition) is 3. The molecule has 0 fully saturated rings. The van der Waals surface area contributed by atoms with Crippen LogP contribution in [0.2, 0.25) is 0 Å². The molecular weight excluding hydrogens is 420 g/mol. The average Bonchev–Trinajstić information content (AvgIpc) is 3.09. The van der Waals surface area contributed by atoms with Crippen molar-refractivity contribution >= 4 is 18.0 Å². The summed E-state index contributed by atoms with van der Waals surface area (Å²) >= 11 is 0. The van der Waals surface area contributed by atoms with E-state index in [2.05, 4.69) is 22.8 Å². The summed E-state index contributed by atoms with van der Waals surface area (Å²) in [6, 6.07) is 15.6. The third-order valence-corrected chi connectivity index (χ3v) is 5.99. The van der Waals surface area contributed by atoms with Crippen LogP contribution in [0.25, 0.3) is 11.1 Å². The highest BCUT2D eigenvalue weighted by Gasteiger charge is 2.33. The highest BCUT2D eigenvalue weighted by atomic mass is 16.5. The van der Waals surface area contributed by atoms with Crippen molar-refractivity contribution in [1.82, 2.24) is 10.6 Å². The minimum Gasteiger partial charge on any atom is -0.481 e. The zero-order valence-corrected chi connectivity index (χ0v) is 19.4. The lowest BCUT2D eigenvalue weighted by Gasteiger charge is -2.28. The lowest BCUT2D eigenvalue weighted by Crippen LogP contribution is -2.57. The number of rotatable bonds is 10. The smallest absolute Gasteiger partial charge is 0.408 e. The Bertz CT molecular complexity index is 972. The van der Waals surface area contributed by atoms with Crippen LogP contribution in [0.1, 0.15) is 63.5 Å². The summed E-state index contributed by atoms with van der Waals surface area (Å²) in [6.45, 7) is 5.29. The molecule has 0 unspecified atom stereocenters. The van der Waals surface area contributed by atoms with Gasteiger partial charge in [-0.3, -0.25) is 9.59 Å². The molecule has 2 aromatic carbocycles. The van der Waals surface area contributed by atoms with Gasteiger partial charge in [0.15, 0.2) is 0 Å². The fourth-order valence-corrected chi connectivity index (χ4v) is 4.20. The molecule has 3 rings (SSSR count). The van der Waals surface area contributed by atoms with E-state index in [0.29, 0.717) is 6.42 Å². The monoisotopic (exact) mass is 452 g/mol. The fraction of sp³-hybridized carbons (Fsp3) is 0.423. The van der Waals surface area contributed by atoms with Crippen molar-refractivity contribution in [3.05, 3.63) is 59.7 Å². The van der Waals surface area contributed by atoms with Crippen LogP contribution in [0, 0.1) is 0 Å². The van der Waals surface area contributed by atoms with Gasteiger partial charge in [0.05, 0.1) is 6.42 Å². The Morgan fingerprint density at radius 1 is 1.03 bits per heavy atom. The summed E-state index contributed by atoms with van der Waals surface area (Å²) in [5.74, 6) is -1.49. The van der Waals surface area contributed by atoms with Crippen molar-refractivity contribution in [2.24, 2.45) is 0 Å². The second-order valence-corrected chi connectivity index (χ2v) is 8.99. The Hall–Kier alpha value is -3.35. The van der Waals surface area contributed by atoms with Crippen LogP contribution in [0.4, 0.5) is 4.79 Å². The van der Waals surface area contributed by atoms with E-state index >= 15 is 0 Å². The molecule has 7 nitrogen and oxygen atoms in total. The van der Waals surface area contributed by atoms with Crippen molar-refractivity contribution in [3.63, 3.8) is 0 Å². The zero-order chi connectivity index (χ0) is 24.0. The SMILES string of the molecule is CCCC[C@@H](CC(=O)O)NC(=O)C(C)(C)NC(=O)OCC1c2ccccc2-c2ccccc21. The Balaban J connectivity index is 1.61. The third-order valence-electron chi connectivity index (χ3n) is 5.99. The summed E-state index contributed by atoms with van der Waals surface area (Å²) in [7, 11) is 0. The quantitative estimate of drug-likeness (QED) is 0.494. The molecule has 1 atom stereocenters. The molecule has 0 bridgehead atoms. The maximum Gasteiger partial charge on any atom is 0.408 e. The van der Waals surface area contributed by atoms with Crippen LogP contribution in [0.5, 0.6) is 0 Å². The molecule has 7 heteroatoms. The molecule has 0 saturated heterocycles. The van der Waals surface area contributed by atoms with Gasteiger partial charge < -0.3 is 20.5 Å². The second-order valence-electron chi connectivity index (χ2n) is 8.99. The lowest BCUT2D eigenvalue weighted by atomic mass is 9.98. The fourth-order valence-electron chi connectivity index (χ4n) is 4.20. The molecule has 0 spiro atoms. The lowest BCUT2D eigenvalue weighted by molar-refractivity contribution is -0.138. The number of alkyl carbamates (subject to hydrolysis) is 1. The number of carbonyl (C=O) groups is 3. The molecule has 176 valence electrons. The van der Waals surface area contributed by atoms with Gasteiger partial charge >= 0.3 is 12.1 Å². The van der Waals surface area contributed by atoms with Gasteiger partial charge in [0.2, 0.25) is 5.91 Å². The first-order valence-electron chi connectivity index (χ1n) is 11.4. The maximum absolute atomic E-state index is 12.8. The molecule has 33 heavy (non-hydrogen) atoms. The van der Waals surface area contributed by atoms with Gasteiger partial charge in [-0.2, -0.15) is 0 Å². The van der Waals surface area contributed by atoms with E-state index in [-0.39, 0.29) is 18.9 Å². The van der Waals surface area contributed by atoms with Crippen LogP contribution in [-0.2, 0) is 14.3 Å². The van der Waals surface area contributed by atoms with Gasteiger partial charge in [-0.25, -0.2) is 4.79 Å². The van der Waals surface area contributed by atoms with Crippen LogP contribution in [-0.4, -0.2) is 41.3 Å². The normalized spacial score (nSPS) is 13.5. The number of amides is 2. The summed E-state index contributed by atoms with van der Waals surface area (Å²) in [5, 5.41) is 14.5. The molecule has 0 aliphatic heterocycles. The van der Waals surface area contributed by atoms with E-state index in [0.717, 1.165) is 35.1 Å². The number of carboxylic acids is 1. The van der Waals surface area contributed by atoms with Crippen molar-refractivity contribution in [2.75, 3.05) is 6.61 Å². The number of carbonyl (C=O) groups excluding carboxylic acids is 2. The van der Waals surface area contributed by atoms with E-state index in [1.54, 1.807) is 13.8 Å². The maximum atomic E-state index is 12.8. The Morgan fingerprint density at radius 3 is 2.15 bits per heavy atom.